The highest BCUT2D eigenvalue weighted by molar-refractivity contribution is 6.30. The molecule has 0 amide bonds. The molecule has 0 bridgehead atoms. The summed E-state index contributed by atoms with van der Waals surface area (Å²) in [4.78, 5) is 0. The Labute approximate surface area is 83.3 Å². The molecule has 1 aromatic rings. The monoisotopic (exact) mass is 196 g/mol. The summed E-state index contributed by atoms with van der Waals surface area (Å²) in [6.45, 7) is 1.86. The number of aliphatic hydroxyl groups excluding tert-OH is 1. The van der Waals surface area contributed by atoms with E-state index < -0.39 is 0 Å². The van der Waals surface area contributed by atoms with Crippen molar-refractivity contribution in [3.63, 3.8) is 0 Å². The molecule has 0 spiro atoms. The van der Waals surface area contributed by atoms with Gasteiger partial charge in [0.05, 0.1) is 6.10 Å². The topological polar surface area (TPSA) is 20.2 Å². The van der Waals surface area contributed by atoms with Crippen LogP contribution in [-0.2, 0) is 0 Å². The first kappa shape index (κ1) is 9.04. The van der Waals surface area contributed by atoms with Crippen LogP contribution in [0.25, 0.3) is 0 Å². The lowest BCUT2D eigenvalue weighted by molar-refractivity contribution is 0.169. The Kier molecular flexibility index (Phi) is 2.31. The van der Waals surface area contributed by atoms with Gasteiger partial charge in [-0.05, 0) is 42.9 Å². The molecule has 0 aromatic heterocycles. The Morgan fingerprint density at radius 2 is 2.31 bits per heavy atom. The zero-order valence-electron chi connectivity index (χ0n) is 7.57. The van der Waals surface area contributed by atoms with Crippen LogP contribution in [0.3, 0.4) is 0 Å². The van der Waals surface area contributed by atoms with Gasteiger partial charge in [0, 0.05) is 5.02 Å². The van der Waals surface area contributed by atoms with Crippen molar-refractivity contribution >= 4 is 11.6 Å². The Bertz CT molecular complexity index is 309. The van der Waals surface area contributed by atoms with Crippen LogP contribution in [0.1, 0.15) is 24.8 Å². The van der Waals surface area contributed by atoms with Gasteiger partial charge in [-0.1, -0.05) is 23.7 Å². The minimum absolute atomic E-state index is 0.191. The van der Waals surface area contributed by atoms with Gasteiger partial charge in [0.1, 0.15) is 0 Å². The fourth-order valence-electron chi connectivity index (χ4n) is 1.87. The van der Waals surface area contributed by atoms with Crippen LogP contribution < -0.4 is 0 Å². The highest BCUT2D eigenvalue weighted by Gasteiger charge is 2.41. The Morgan fingerprint density at radius 3 is 2.85 bits per heavy atom. The molecule has 1 aromatic carbocycles. The average Bonchev–Trinajstić information content (AvgIpc) is 2.82. The lowest BCUT2D eigenvalue weighted by Crippen LogP contribution is -2.03. The number of halogens is 1. The molecule has 0 unspecified atom stereocenters. The Morgan fingerprint density at radius 1 is 1.54 bits per heavy atom. The first-order valence-electron chi connectivity index (χ1n) is 4.62. The van der Waals surface area contributed by atoms with Crippen LogP contribution in [0.15, 0.2) is 24.3 Å². The Balaban J connectivity index is 2.12. The molecule has 1 N–H and O–H groups in total. The van der Waals surface area contributed by atoms with Crippen molar-refractivity contribution in [1.29, 1.82) is 0 Å². The molecule has 0 heterocycles. The standard InChI is InChI=1S/C11H13ClO/c1-7(13)10-6-11(10)8-3-2-4-9(12)5-8/h2-5,7,10-11,13H,6H2,1H3/t7-,10+,11-/m0/s1. The van der Waals surface area contributed by atoms with Crippen LogP contribution in [0, 0.1) is 5.92 Å². The van der Waals surface area contributed by atoms with E-state index in [0.717, 1.165) is 11.4 Å². The zero-order chi connectivity index (χ0) is 9.42. The molecule has 1 aliphatic carbocycles. The number of aliphatic hydroxyl groups is 1. The summed E-state index contributed by atoms with van der Waals surface area (Å²) in [7, 11) is 0. The molecule has 1 aliphatic rings. The maximum Gasteiger partial charge on any atom is 0.0546 e. The maximum absolute atomic E-state index is 9.36. The summed E-state index contributed by atoms with van der Waals surface area (Å²) in [5.41, 5.74) is 1.26. The molecule has 0 radical (unpaired) electrons. The van der Waals surface area contributed by atoms with Gasteiger partial charge in [-0.15, -0.1) is 0 Å². The number of hydrogen-bond acceptors (Lipinski definition) is 1. The van der Waals surface area contributed by atoms with Crippen molar-refractivity contribution in [2.75, 3.05) is 0 Å². The van der Waals surface area contributed by atoms with Gasteiger partial charge in [-0.2, -0.15) is 0 Å². The largest absolute Gasteiger partial charge is 0.393 e. The SMILES string of the molecule is C[C@H](O)[C@H]1C[C@H]1c1cccc(Cl)c1. The molecule has 2 heteroatoms. The minimum Gasteiger partial charge on any atom is -0.393 e. The van der Waals surface area contributed by atoms with E-state index in [1.54, 1.807) is 0 Å². The van der Waals surface area contributed by atoms with Crippen molar-refractivity contribution in [2.45, 2.75) is 25.4 Å². The molecule has 70 valence electrons. The normalized spacial score (nSPS) is 28.5. The van der Waals surface area contributed by atoms with Gasteiger partial charge < -0.3 is 5.11 Å². The van der Waals surface area contributed by atoms with Crippen molar-refractivity contribution in [3.8, 4) is 0 Å². The fraction of sp³-hybridized carbons (Fsp3) is 0.455. The summed E-state index contributed by atoms with van der Waals surface area (Å²) >= 11 is 5.88. The summed E-state index contributed by atoms with van der Waals surface area (Å²) in [5, 5.41) is 10.1. The average molecular weight is 197 g/mol. The van der Waals surface area contributed by atoms with Crippen LogP contribution in [-0.4, -0.2) is 11.2 Å². The van der Waals surface area contributed by atoms with Gasteiger partial charge >= 0.3 is 0 Å². The van der Waals surface area contributed by atoms with E-state index >= 15 is 0 Å². The van der Waals surface area contributed by atoms with Gasteiger partial charge in [0.15, 0.2) is 0 Å². The number of hydrogen-bond donors (Lipinski definition) is 1. The van der Waals surface area contributed by atoms with E-state index in [-0.39, 0.29) is 6.10 Å². The van der Waals surface area contributed by atoms with E-state index in [0.29, 0.717) is 11.8 Å². The van der Waals surface area contributed by atoms with Crippen molar-refractivity contribution in [2.24, 2.45) is 5.92 Å². The van der Waals surface area contributed by atoms with Crippen LogP contribution in [0.2, 0.25) is 5.02 Å². The first-order chi connectivity index (χ1) is 6.18. The lowest BCUT2D eigenvalue weighted by Gasteiger charge is -2.03. The molecule has 1 fully saturated rings. The third kappa shape index (κ3) is 1.87. The van der Waals surface area contributed by atoms with Gasteiger partial charge in [0.25, 0.3) is 0 Å². The van der Waals surface area contributed by atoms with Crippen molar-refractivity contribution < 1.29 is 5.11 Å². The molecule has 2 rings (SSSR count). The van der Waals surface area contributed by atoms with E-state index in [1.165, 1.54) is 5.56 Å². The molecular formula is C11H13ClO. The molecule has 3 atom stereocenters. The summed E-state index contributed by atoms with van der Waals surface area (Å²) < 4.78 is 0. The van der Waals surface area contributed by atoms with Gasteiger partial charge in [-0.3, -0.25) is 0 Å². The van der Waals surface area contributed by atoms with E-state index in [4.69, 9.17) is 11.6 Å². The van der Waals surface area contributed by atoms with Crippen LogP contribution >= 0.6 is 11.6 Å². The highest BCUT2D eigenvalue weighted by atomic mass is 35.5. The quantitative estimate of drug-likeness (QED) is 0.772. The molecule has 0 saturated heterocycles. The van der Waals surface area contributed by atoms with Gasteiger partial charge in [-0.25, -0.2) is 0 Å². The molecule has 1 nitrogen and oxygen atoms in total. The summed E-state index contributed by atoms with van der Waals surface area (Å²) in [6.07, 6.45) is 0.904. The second-order valence-corrected chi connectivity index (χ2v) is 4.24. The van der Waals surface area contributed by atoms with Crippen molar-refractivity contribution in [1.82, 2.24) is 0 Å². The van der Waals surface area contributed by atoms with E-state index in [1.807, 2.05) is 25.1 Å². The van der Waals surface area contributed by atoms with Crippen molar-refractivity contribution in [3.05, 3.63) is 34.9 Å². The number of benzene rings is 1. The van der Waals surface area contributed by atoms with Crippen LogP contribution in [0.5, 0.6) is 0 Å². The van der Waals surface area contributed by atoms with E-state index in [2.05, 4.69) is 6.07 Å². The van der Waals surface area contributed by atoms with E-state index in [9.17, 15) is 5.11 Å². The molecular weight excluding hydrogens is 184 g/mol. The second kappa shape index (κ2) is 3.32. The zero-order valence-corrected chi connectivity index (χ0v) is 8.33. The Hall–Kier alpha value is -0.530. The maximum atomic E-state index is 9.36. The third-order valence-corrected chi connectivity index (χ3v) is 2.97. The lowest BCUT2D eigenvalue weighted by atomic mass is 10.1. The summed E-state index contributed by atoms with van der Waals surface area (Å²) in [5.74, 6) is 0.970. The fourth-order valence-corrected chi connectivity index (χ4v) is 2.07. The predicted octanol–water partition coefficient (Wildman–Crippen LogP) is 2.82. The highest BCUT2D eigenvalue weighted by Crippen LogP contribution is 2.49. The number of rotatable bonds is 2. The smallest absolute Gasteiger partial charge is 0.0546 e. The molecule has 0 aliphatic heterocycles. The summed E-state index contributed by atoms with van der Waals surface area (Å²) in [6, 6.07) is 7.92. The third-order valence-electron chi connectivity index (χ3n) is 2.74. The predicted molar refractivity (Wildman–Crippen MR) is 54.0 cm³/mol. The molecule has 1 saturated carbocycles. The second-order valence-electron chi connectivity index (χ2n) is 3.80. The first-order valence-corrected chi connectivity index (χ1v) is 5.00. The minimum atomic E-state index is -0.191. The van der Waals surface area contributed by atoms with Crippen LogP contribution in [0.4, 0.5) is 0 Å². The molecule has 13 heavy (non-hydrogen) atoms. The van der Waals surface area contributed by atoms with Gasteiger partial charge in [0.2, 0.25) is 0 Å².